The molecule has 2 atom stereocenters. The first-order valence-electron chi connectivity index (χ1n) is 8.43. The highest BCUT2D eigenvalue weighted by Gasteiger charge is 2.18. The molecule has 2 aromatic rings. The van der Waals surface area contributed by atoms with E-state index in [0.29, 0.717) is 17.0 Å². The fraction of sp³-hybridized carbons (Fsp3) is 0.300. The topological polar surface area (TPSA) is 64.6 Å². The normalized spacial score (nSPS) is 12.8. The molecule has 0 radical (unpaired) electrons. The van der Waals surface area contributed by atoms with E-state index in [0.717, 1.165) is 6.42 Å². The van der Waals surface area contributed by atoms with Gasteiger partial charge in [0.05, 0.1) is 6.10 Å². The lowest BCUT2D eigenvalue weighted by molar-refractivity contribution is -0.155. The van der Waals surface area contributed by atoms with Gasteiger partial charge in [-0.25, -0.2) is 9.18 Å². The van der Waals surface area contributed by atoms with Crippen LogP contribution in [0.4, 0.5) is 10.1 Å². The molecule has 0 heterocycles. The van der Waals surface area contributed by atoms with Gasteiger partial charge in [-0.3, -0.25) is 4.79 Å². The molecule has 2 rings (SSSR count). The number of rotatable bonds is 7. The molecule has 0 aliphatic heterocycles. The third-order valence-corrected chi connectivity index (χ3v) is 3.76. The van der Waals surface area contributed by atoms with Gasteiger partial charge in [-0.1, -0.05) is 6.92 Å². The molecule has 0 saturated heterocycles. The van der Waals surface area contributed by atoms with E-state index in [1.807, 2.05) is 13.8 Å². The van der Waals surface area contributed by atoms with Crippen molar-refractivity contribution in [3.05, 3.63) is 59.9 Å². The lowest BCUT2D eigenvalue weighted by atomic mass is 10.2. The van der Waals surface area contributed by atoms with Crippen molar-refractivity contribution in [2.24, 2.45) is 0 Å². The van der Waals surface area contributed by atoms with E-state index in [-0.39, 0.29) is 17.8 Å². The average molecular weight is 359 g/mol. The minimum atomic E-state index is -0.747. The van der Waals surface area contributed by atoms with Crippen molar-refractivity contribution in [2.75, 3.05) is 5.32 Å². The van der Waals surface area contributed by atoms with Crippen LogP contribution in [0.25, 0.3) is 0 Å². The molecule has 0 bridgehead atoms. The van der Waals surface area contributed by atoms with Crippen molar-refractivity contribution in [3.8, 4) is 5.75 Å². The predicted molar refractivity (Wildman–Crippen MR) is 96.7 cm³/mol. The average Bonchev–Trinajstić information content (AvgIpc) is 2.63. The highest BCUT2D eigenvalue weighted by atomic mass is 19.1. The molecule has 0 aliphatic rings. The summed E-state index contributed by atoms with van der Waals surface area (Å²) >= 11 is 0. The second-order valence-electron chi connectivity index (χ2n) is 5.90. The summed E-state index contributed by atoms with van der Waals surface area (Å²) in [5.74, 6) is -0.674. The van der Waals surface area contributed by atoms with Crippen LogP contribution in [0.1, 0.15) is 37.6 Å². The van der Waals surface area contributed by atoms with Gasteiger partial charge in [-0.15, -0.1) is 0 Å². The van der Waals surface area contributed by atoms with Crippen LogP contribution in [-0.2, 0) is 9.53 Å². The summed E-state index contributed by atoms with van der Waals surface area (Å²) in [7, 11) is 0. The Morgan fingerprint density at radius 1 is 1.04 bits per heavy atom. The Morgan fingerprint density at radius 3 is 2.23 bits per heavy atom. The standard InChI is InChI=1S/C20H22FNO4/c1-4-13(2)25-20(24)14(3)26-18-11-5-15(6-12-18)19(23)22-17-9-7-16(21)8-10-17/h5-14H,4H2,1-3H3,(H,22,23)/t13-,14-/m0/s1. The molecular formula is C20H22FNO4. The maximum absolute atomic E-state index is 12.9. The first-order chi connectivity index (χ1) is 12.4. The van der Waals surface area contributed by atoms with Crippen molar-refractivity contribution in [1.29, 1.82) is 0 Å². The van der Waals surface area contributed by atoms with E-state index in [9.17, 15) is 14.0 Å². The lowest BCUT2D eigenvalue weighted by Gasteiger charge is -2.17. The number of esters is 1. The number of ether oxygens (including phenoxy) is 2. The van der Waals surface area contributed by atoms with Gasteiger partial charge in [0, 0.05) is 11.3 Å². The smallest absolute Gasteiger partial charge is 0.347 e. The summed E-state index contributed by atoms with van der Waals surface area (Å²) in [6, 6.07) is 11.9. The second kappa shape index (κ2) is 8.99. The number of halogens is 1. The first-order valence-corrected chi connectivity index (χ1v) is 8.43. The van der Waals surface area contributed by atoms with E-state index in [1.165, 1.54) is 24.3 Å². The van der Waals surface area contributed by atoms with E-state index in [1.54, 1.807) is 31.2 Å². The fourth-order valence-electron chi connectivity index (χ4n) is 2.05. The molecule has 2 aromatic carbocycles. The number of amides is 1. The number of nitrogens with one attached hydrogen (secondary N) is 1. The highest BCUT2D eigenvalue weighted by molar-refractivity contribution is 6.04. The Labute approximate surface area is 152 Å². The minimum absolute atomic E-state index is 0.161. The largest absolute Gasteiger partial charge is 0.479 e. The Bertz CT molecular complexity index is 743. The molecule has 0 saturated carbocycles. The number of hydrogen-bond acceptors (Lipinski definition) is 4. The van der Waals surface area contributed by atoms with Crippen molar-refractivity contribution in [2.45, 2.75) is 39.4 Å². The summed E-state index contributed by atoms with van der Waals surface area (Å²) in [5.41, 5.74) is 0.912. The van der Waals surface area contributed by atoms with Crippen LogP contribution in [0, 0.1) is 5.82 Å². The summed E-state index contributed by atoms with van der Waals surface area (Å²) in [6.45, 7) is 5.36. The molecule has 1 amide bonds. The van der Waals surface area contributed by atoms with Gasteiger partial charge >= 0.3 is 5.97 Å². The molecule has 0 unspecified atom stereocenters. The van der Waals surface area contributed by atoms with E-state index in [4.69, 9.17) is 9.47 Å². The molecule has 6 heteroatoms. The molecule has 138 valence electrons. The summed E-state index contributed by atoms with van der Waals surface area (Å²) in [4.78, 5) is 24.1. The minimum Gasteiger partial charge on any atom is -0.479 e. The van der Waals surface area contributed by atoms with E-state index >= 15 is 0 Å². The summed E-state index contributed by atoms with van der Waals surface area (Å²) < 4.78 is 23.6. The van der Waals surface area contributed by atoms with Gasteiger partial charge in [-0.05, 0) is 68.8 Å². The number of benzene rings is 2. The lowest BCUT2D eigenvalue weighted by Crippen LogP contribution is -2.29. The van der Waals surface area contributed by atoms with E-state index in [2.05, 4.69) is 5.32 Å². The van der Waals surface area contributed by atoms with Gasteiger partial charge in [0.25, 0.3) is 5.91 Å². The van der Waals surface area contributed by atoms with Crippen molar-refractivity contribution >= 4 is 17.6 Å². The van der Waals surface area contributed by atoms with Crippen LogP contribution in [0.3, 0.4) is 0 Å². The zero-order chi connectivity index (χ0) is 19.1. The fourth-order valence-corrected chi connectivity index (χ4v) is 2.05. The third-order valence-electron chi connectivity index (χ3n) is 3.76. The zero-order valence-corrected chi connectivity index (χ0v) is 15.0. The Balaban J connectivity index is 1.93. The molecule has 0 spiro atoms. The number of carbonyl (C=O) groups excluding carboxylic acids is 2. The molecule has 0 aliphatic carbocycles. The Morgan fingerprint density at radius 2 is 1.65 bits per heavy atom. The maximum Gasteiger partial charge on any atom is 0.347 e. The Kier molecular flexibility index (Phi) is 6.72. The highest BCUT2D eigenvalue weighted by Crippen LogP contribution is 2.16. The summed E-state index contributed by atoms with van der Waals surface area (Å²) in [6.07, 6.45) is -0.176. The number of hydrogen-bond donors (Lipinski definition) is 1. The zero-order valence-electron chi connectivity index (χ0n) is 15.0. The molecule has 5 nitrogen and oxygen atoms in total. The van der Waals surface area contributed by atoms with Crippen LogP contribution in [0.5, 0.6) is 5.75 Å². The van der Waals surface area contributed by atoms with Crippen LogP contribution >= 0.6 is 0 Å². The van der Waals surface area contributed by atoms with Crippen LogP contribution in [0.15, 0.2) is 48.5 Å². The van der Waals surface area contributed by atoms with Crippen LogP contribution in [-0.4, -0.2) is 24.1 Å². The van der Waals surface area contributed by atoms with E-state index < -0.39 is 12.1 Å². The molecule has 26 heavy (non-hydrogen) atoms. The maximum atomic E-state index is 12.9. The van der Waals surface area contributed by atoms with Gasteiger partial charge in [-0.2, -0.15) is 0 Å². The molecule has 0 fully saturated rings. The monoisotopic (exact) mass is 359 g/mol. The third kappa shape index (κ3) is 5.58. The SMILES string of the molecule is CC[C@H](C)OC(=O)[C@H](C)Oc1ccc(C(=O)Nc2ccc(F)cc2)cc1. The van der Waals surface area contributed by atoms with Gasteiger partial charge in [0.15, 0.2) is 6.10 Å². The van der Waals surface area contributed by atoms with Gasteiger partial charge < -0.3 is 14.8 Å². The second-order valence-corrected chi connectivity index (χ2v) is 5.90. The molecular weight excluding hydrogens is 337 g/mol. The molecule has 0 aromatic heterocycles. The van der Waals surface area contributed by atoms with Crippen LogP contribution in [0.2, 0.25) is 0 Å². The number of carbonyl (C=O) groups is 2. The van der Waals surface area contributed by atoms with Gasteiger partial charge in [0.2, 0.25) is 0 Å². The number of anilines is 1. The molecule has 1 N–H and O–H groups in total. The Hall–Kier alpha value is -2.89. The quantitative estimate of drug-likeness (QED) is 0.753. The first kappa shape index (κ1) is 19.4. The predicted octanol–water partition coefficient (Wildman–Crippen LogP) is 4.19. The van der Waals surface area contributed by atoms with Crippen LogP contribution < -0.4 is 10.1 Å². The van der Waals surface area contributed by atoms with Crippen molar-refractivity contribution < 1.29 is 23.5 Å². The summed E-state index contributed by atoms with van der Waals surface area (Å²) in [5, 5.41) is 2.67. The van der Waals surface area contributed by atoms with Crippen molar-refractivity contribution in [1.82, 2.24) is 0 Å². The van der Waals surface area contributed by atoms with Crippen molar-refractivity contribution in [3.63, 3.8) is 0 Å². The van der Waals surface area contributed by atoms with Gasteiger partial charge in [0.1, 0.15) is 11.6 Å².